The van der Waals surface area contributed by atoms with Crippen LogP contribution >= 0.6 is 11.6 Å². The van der Waals surface area contributed by atoms with Gasteiger partial charge in [-0.1, -0.05) is 11.6 Å². The quantitative estimate of drug-likeness (QED) is 0.680. The fourth-order valence-electron chi connectivity index (χ4n) is 4.86. The van der Waals surface area contributed by atoms with E-state index in [1.54, 1.807) is 13.3 Å². The first-order valence-corrected chi connectivity index (χ1v) is 9.75. The minimum absolute atomic E-state index is 0.181. The van der Waals surface area contributed by atoms with Crippen molar-refractivity contribution in [2.24, 2.45) is 5.41 Å². The Kier molecular flexibility index (Phi) is 3.83. The smallest absolute Gasteiger partial charge is 0.227 e. The van der Waals surface area contributed by atoms with Crippen LogP contribution in [0, 0.1) is 5.41 Å². The third-order valence-electron chi connectivity index (χ3n) is 6.02. The summed E-state index contributed by atoms with van der Waals surface area (Å²) in [7, 11) is 5.70. The molecule has 0 atom stereocenters. The second-order valence-corrected chi connectivity index (χ2v) is 8.84. The average Bonchev–Trinajstić information content (AvgIpc) is 3.04. The van der Waals surface area contributed by atoms with E-state index in [1.807, 2.05) is 37.3 Å². The highest BCUT2D eigenvalue weighted by atomic mass is 35.5. The molecule has 2 bridgehead atoms. The summed E-state index contributed by atoms with van der Waals surface area (Å²) in [6.07, 6.45) is 9.12. The first kappa shape index (κ1) is 17.7. The number of hydrogen-bond acceptors (Lipinski definition) is 6. The van der Waals surface area contributed by atoms with Crippen LogP contribution in [0.15, 0.2) is 30.7 Å². The first-order valence-electron chi connectivity index (χ1n) is 9.37. The van der Waals surface area contributed by atoms with Crippen molar-refractivity contribution in [2.75, 3.05) is 38.0 Å². The van der Waals surface area contributed by atoms with Crippen molar-refractivity contribution >= 4 is 39.8 Å². The Balaban J connectivity index is 1.35. The molecule has 0 amide bonds. The summed E-state index contributed by atoms with van der Waals surface area (Å²) >= 11 is 6.33. The highest BCUT2D eigenvalue weighted by Crippen LogP contribution is 2.71. The van der Waals surface area contributed by atoms with Gasteiger partial charge in [0, 0.05) is 44.4 Å². The lowest BCUT2D eigenvalue weighted by Gasteiger charge is -2.70. The molecule has 6 rings (SSSR count). The van der Waals surface area contributed by atoms with E-state index in [9.17, 15) is 0 Å². The molecule has 0 aliphatic heterocycles. The molecule has 0 radical (unpaired) electrons. The lowest BCUT2D eigenvalue weighted by Crippen LogP contribution is -2.69. The number of anilines is 3. The molecule has 1 aromatic carbocycles. The van der Waals surface area contributed by atoms with Gasteiger partial charge in [-0.3, -0.25) is 4.68 Å². The van der Waals surface area contributed by atoms with Crippen LogP contribution in [0.4, 0.5) is 17.3 Å². The molecule has 3 aliphatic carbocycles. The summed E-state index contributed by atoms with van der Waals surface area (Å²) in [4.78, 5) is 11.0. The minimum Gasteiger partial charge on any atom is -0.384 e. The summed E-state index contributed by atoms with van der Waals surface area (Å²) in [5.74, 6) is 0.549. The Morgan fingerprint density at radius 2 is 2.04 bits per heavy atom. The molecule has 2 aromatic heterocycles. The number of nitrogens with zero attached hydrogens (tertiary/aromatic N) is 5. The Morgan fingerprint density at radius 3 is 2.75 bits per heavy atom. The maximum Gasteiger partial charge on any atom is 0.227 e. The van der Waals surface area contributed by atoms with E-state index in [0.717, 1.165) is 48.1 Å². The van der Waals surface area contributed by atoms with Crippen molar-refractivity contribution in [1.29, 1.82) is 0 Å². The lowest BCUT2D eigenvalue weighted by molar-refractivity contribution is -0.217. The van der Waals surface area contributed by atoms with E-state index in [4.69, 9.17) is 16.3 Å². The van der Waals surface area contributed by atoms with Gasteiger partial charge in [-0.15, -0.1) is 0 Å². The number of nitrogens with one attached hydrogen (secondary N) is 1. The number of ether oxygens (including phenoxy) is 1. The second kappa shape index (κ2) is 6.06. The van der Waals surface area contributed by atoms with Crippen molar-refractivity contribution in [1.82, 2.24) is 19.7 Å². The molecule has 3 fully saturated rings. The van der Waals surface area contributed by atoms with Crippen LogP contribution in [0.25, 0.3) is 10.9 Å². The van der Waals surface area contributed by atoms with Gasteiger partial charge < -0.3 is 15.0 Å². The topological polar surface area (TPSA) is 68.1 Å². The molecule has 1 N–H and O–H groups in total. The van der Waals surface area contributed by atoms with Crippen molar-refractivity contribution in [3.63, 3.8) is 0 Å². The standard InChI is InChI=1S/C20H23ClN6O/c1-26(2)17-5-16-13(4-15(17)21)6-22-18(25-16)24-14-7-23-27(8-14)20-9-19(10-20,11-20)12-28-3/h4-8H,9-12H2,1-3H3,(H,22,24,25). The molecule has 3 saturated carbocycles. The van der Waals surface area contributed by atoms with Gasteiger partial charge in [0.05, 0.1) is 40.3 Å². The Hall–Kier alpha value is -2.38. The summed E-state index contributed by atoms with van der Waals surface area (Å²) in [5, 5.41) is 9.45. The van der Waals surface area contributed by atoms with Crippen LogP contribution in [0.1, 0.15) is 19.3 Å². The zero-order chi connectivity index (χ0) is 19.5. The summed E-state index contributed by atoms with van der Waals surface area (Å²) in [6.45, 7) is 0.852. The van der Waals surface area contributed by atoms with E-state index in [2.05, 4.69) is 31.3 Å². The zero-order valence-corrected chi connectivity index (χ0v) is 17.0. The molecule has 7 nitrogen and oxygen atoms in total. The maximum atomic E-state index is 6.33. The van der Waals surface area contributed by atoms with E-state index >= 15 is 0 Å². The largest absolute Gasteiger partial charge is 0.384 e. The van der Waals surface area contributed by atoms with Gasteiger partial charge in [0.1, 0.15) is 0 Å². The molecule has 2 heterocycles. The van der Waals surface area contributed by atoms with Gasteiger partial charge in [-0.25, -0.2) is 9.97 Å². The van der Waals surface area contributed by atoms with E-state index in [0.29, 0.717) is 16.4 Å². The van der Waals surface area contributed by atoms with Gasteiger partial charge >= 0.3 is 0 Å². The minimum atomic E-state index is 0.181. The molecule has 146 valence electrons. The fourth-order valence-corrected chi connectivity index (χ4v) is 5.20. The zero-order valence-electron chi connectivity index (χ0n) is 16.2. The van der Waals surface area contributed by atoms with Gasteiger partial charge in [0.25, 0.3) is 0 Å². The predicted octanol–water partition coefficient (Wildman–Crippen LogP) is 3.81. The van der Waals surface area contributed by atoms with Gasteiger partial charge in [0.2, 0.25) is 5.95 Å². The molecule has 3 aromatic rings. The van der Waals surface area contributed by atoms with E-state index < -0.39 is 0 Å². The Morgan fingerprint density at radius 1 is 1.25 bits per heavy atom. The SMILES string of the molecule is COCC12CC(n3cc(Nc4ncc5cc(Cl)c(N(C)C)cc5n4)cn3)(C1)C2. The van der Waals surface area contributed by atoms with Crippen molar-refractivity contribution in [3.8, 4) is 0 Å². The van der Waals surface area contributed by atoms with Crippen LogP contribution in [-0.4, -0.2) is 47.6 Å². The third kappa shape index (κ3) is 2.64. The highest BCUT2D eigenvalue weighted by molar-refractivity contribution is 6.34. The molecule has 8 heteroatoms. The molecular formula is C20H23ClN6O. The monoisotopic (exact) mass is 398 g/mol. The van der Waals surface area contributed by atoms with Crippen LogP contribution in [0.5, 0.6) is 0 Å². The van der Waals surface area contributed by atoms with Crippen LogP contribution in [-0.2, 0) is 10.3 Å². The predicted molar refractivity (Wildman–Crippen MR) is 111 cm³/mol. The second-order valence-electron chi connectivity index (χ2n) is 8.44. The summed E-state index contributed by atoms with van der Waals surface area (Å²) in [5.41, 5.74) is 3.24. The maximum absolute atomic E-state index is 6.33. The average molecular weight is 399 g/mol. The molecule has 0 saturated heterocycles. The molecule has 0 spiro atoms. The van der Waals surface area contributed by atoms with Crippen LogP contribution in [0.3, 0.4) is 0 Å². The number of methoxy groups -OCH3 is 1. The number of hydrogen-bond donors (Lipinski definition) is 1. The number of fused-ring (bicyclic) bond motifs is 1. The number of benzene rings is 1. The summed E-state index contributed by atoms with van der Waals surface area (Å²) < 4.78 is 7.44. The summed E-state index contributed by atoms with van der Waals surface area (Å²) in [6, 6.07) is 3.87. The van der Waals surface area contributed by atoms with Gasteiger partial charge in [-0.2, -0.15) is 5.10 Å². The molecular weight excluding hydrogens is 376 g/mol. The van der Waals surface area contributed by atoms with Crippen molar-refractivity contribution in [2.45, 2.75) is 24.8 Å². The lowest BCUT2D eigenvalue weighted by atomic mass is 9.39. The molecule has 3 aliphatic rings. The third-order valence-corrected chi connectivity index (χ3v) is 6.32. The van der Waals surface area contributed by atoms with Crippen molar-refractivity contribution < 1.29 is 4.74 Å². The van der Waals surface area contributed by atoms with Gasteiger partial charge in [0.15, 0.2) is 0 Å². The molecule has 0 unspecified atom stereocenters. The van der Waals surface area contributed by atoms with Gasteiger partial charge in [-0.05, 0) is 31.4 Å². The van der Waals surface area contributed by atoms with Crippen LogP contribution in [0.2, 0.25) is 5.02 Å². The van der Waals surface area contributed by atoms with E-state index in [-0.39, 0.29) is 5.54 Å². The van der Waals surface area contributed by atoms with Crippen LogP contribution < -0.4 is 10.2 Å². The Bertz CT molecular complexity index is 1040. The van der Waals surface area contributed by atoms with Crippen molar-refractivity contribution in [3.05, 3.63) is 35.7 Å². The number of halogens is 1. The Labute approximate surface area is 168 Å². The number of rotatable bonds is 6. The van der Waals surface area contributed by atoms with E-state index in [1.165, 1.54) is 0 Å². The fraction of sp³-hybridized carbons (Fsp3) is 0.450. The highest BCUT2D eigenvalue weighted by Gasteiger charge is 2.69. The molecule has 28 heavy (non-hydrogen) atoms. The normalized spacial score (nSPS) is 25.3. The number of aromatic nitrogens is 4. The first-order chi connectivity index (χ1) is 13.4.